The number of amides is 1. The number of hydrogen-bond acceptors (Lipinski definition) is 4. The molecule has 7 heteroatoms. The Hall–Kier alpha value is -0.820. The van der Waals surface area contributed by atoms with Crippen molar-refractivity contribution in [2.45, 2.75) is 71.1 Å². The van der Waals surface area contributed by atoms with Gasteiger partial charge in [-0.1, -0.05) is 0 Å². The number of alkyl carbamates (subject to hydrolysis) is 1. The molecule has 1 rings (SSSR count). The molecule has 0 heterocycles. The molecular formula is C13H26N2O4S. The highest BCUT2D eigenvalue weighted by Crippen LogP contribution is 2.20. The summed E-state index contributed by atoms with van der Waals surface area (Å²) in [6.07, 6.45) is 2.58. The van der Waals surface area contributed by atoms with Crippen LogP contribution in [0.2, 0.25) is 0 Å². The molecule has 0 spiro atoms. The first-order valence-corrected chi connectivity index (χ1v) is 8.76. The number of rotatable bonds is 4. The first-order chi connectivity index (χ1) is 9.11. The zero-order chi connectivity index (χ0) is 15.4. The topological polar surface area (TPSA) is 84.5 Å². The van der Waals surface area contributed by atoms with Crippen molar-refractivity contribution in [3.8, 4) is 0 Å². The molecule has 0 aromatic rings. The van der Waals surface area contributed by atoms with Crippen LogP contribution in [-0.2, 0) is 14.8 Å². The van der Waals surface area contributed by atoms with Gasteiger partial charge < -0.3 is 10.1 Å². The zero-order valence-electron chi connectivity index (χ0n) is 12.7. The van der Waals surface area contributed by atoms with E-state index >= 15 is 0 Å². The number of nitrogens with one attached hydrogen (secondary N) is 2. The molecule has 0 aromatic heterocycles. The van der Waals surface area contributed by atoms with Gasteiger partial charge in [0.25, 0.3) is 0 Å². The van der Waals surface area contributed by atoms with E-state index < -0.39 is 21.7 Å². The third kappa shape index (κ3) is 6.56. The van der Waals surface area contributed by atoms with Crippen LogP contribution in [0.3, 0.4) is 0 Å². The largest absolute Gasteiger partial charge is 0.444 e. The summed E-state index contributed by atoms with van der Waals surface area (Å²) in [6, 6.07) is 0.0452. The summed E-state index contributed by atoms with van der Waals surface area (Å²) in [6.45, 7) is 7.09. The lowest BCUT2D eigenvalue weighted by Gasteiger charge is -2.30. The molecule has 6 nitrogen and oxygen atoms in total. The van der Waals surface area contributed by atoms with Gasteiger partial charge in [0.1, 0.15) is 5.60 Å². The predicted octanol–water partition coefficient (Wildman–Crippen LogP) is 1.76. The van der Waals surface area contributed by atoms with E-state index in [-0.39, 0.29) is 17.8 Å². The van der Waals surface area contributed by atoms with E-state index in [9.17, 15) is 13.2 Å². The minimum atomic E-state index is -3.15. The van der Waals surface area contributed by atoms with Crippen molar-refractivity contribution in [2.24, 2.45) is 0 Å². The SMILES string of the molecule is CCS(=O)(=O)N[C@H]1CC[C@H](NC(=O)OC(C)(C)C)CC1. The smallest absolute Gasteiger partial charge is 0.407 e. The van der Waals surface area contributed by atoms with E-state index in [1.165, 1.54) is 0 Å². The average molecular weight is 306 g/mol. The van der Waals surface area contributed by atoms with Crippen molar-refractivity contribution < 1.29 is 17.9 Å². The second-order valence-corrected chi connectivity index (χ2v) is 8.26. The van der Waals surface area contributed by atoms with Crippen molar-refractivity contribution in [1.29, 1.82) is 0 Å². The summed E-state index contributed by atoms with van der Waals surface area (Å²) < 4.78 is 30.9. The molecule has 0 saturated heterocycles. The molecule has 118 valence electrons. The number of hydrogen-bond donors (Lipinski definition) is 2. The molecule has 0 atom stereocenters. The highest BCUT2D eigenvalue weighted by atomic mass is 32.2. The fourth-order valence-corrected chi connectivity index (χ4v) is 3.08. The predicted molar refractivity (Wildman–Crippen MR) is 78.0 cm³/mol. The highest BCUT2D eigenvalue weighted by molar-refractivity contribution is 7.89. The van der Waals surface area contributed by atoms with Crippen LogP contribution in [0.1, 0.15) is 53.4 Å². The average Bonchev–Trinajstić information content (AvgIpc) is 2.29. The van der Waals surface area contributed by atoms with E-state index in [0.29, 0.717) is 0 Å². The fourth-order valence-electron chi connectivity index (χ4n) is 2.17. The minimum Gasteiger partial charge on any atom is -0.444 e. The Morgan fingerprint density at radius 2 is 1.65 bits per heavy atom. The number of ether oxygens (including phenoxy) is 1. The quantitative estimate of drug-likeness (QED) is 0.829. The first kappa shape index (κ1) is 17.2. The molecule has 1 aliphatic rings. The van der Waals surface area contributed by atoms with Gasteiger partial charge in [-0.05, 0) is 53.4 Å². The fraction of sp³-hybridized carbons (Fsp3) is 0.923. The van der Waals surface area contributed by atoms with Crippen LogP contribution < -0.4 is 10.0 Å². The monoisotopic (exact) mass is 306 g/mol. The Morgan fingerprint density at radius 3 is 2.10 bits per heavy atom. The number of carbonyl (C=O) groups is 1. The van der Waals surface area contributed by atoms with Gasteiger partial charge in [0.05, 0.1) is 5.75 Å². The van der Waals surface area contributed by atoms with Crippen molar-refractivity contribution >= 4 is 16.1 Å². The Kier molecular flexibility index (Phi) is 5.82. The zero-order valence-corrected chi connectivity index (χ0v) is 13.5. The van der Waals surface area contributed by atoms with Crippen molar-refractivity contribution in [3.63, 3.8) is 0 Å². The van der Waals surface area contributed by atoms with E-state index in [4.69, 9.17) is 4.74 Å². The van der Waals surface area contributed by atoms with Gasteiger partial charge in [-0.15, -0.1) is 0 Å². The maximum absolute atomic E-state index is 11.6. The molecule has 0 radical (unpaired) electrons. The van der Waals surface area contributed by atoms with Gasteiger partial charge in [0, 0.05) is 12.1 Å². The third-order valence-corrected chi connectivity index (χ3v) is 4.63. The van der Waals surface area contributed by atoms with Gasteiger partial charge in [0.2, 0.25) is 10.0 Å². The summed E-state index contributed by atoms with van der Waals surface area (Å²) in [5.41, 5.74) is -0.502. The number of carbonyl (C=O) groups excluding carboxylic acids is 1. The molecule has 0 aliphatic heterocycles. The lowest BCUT2D eigenvalue weighted by Crippen LogP contribution is -2.45. The van der Waals surface area contributed by atoms with Gasteiger partial charge in [-0.3, -0.25) is 0 Å². The van der Waals surface area contributed by atoms with Crippen molar-refractivity contribution in [3.05, 3.63) is 0 Å². The van der Waals surface area contributed by atoms with Crippen LogP contribution in [0.5, 0.6) is 0 Å². The summed E-state index contributed by atoms with van der Waals surface area (Å²) in [5, 5.41) is 2.83. The van der Waals surface area contributed by atoms with E-state index in [1.807, 2.05) is 20.8 Å². The van der Waals surface area contributed by atoms with Crippen molar-refractivity contribution in [1.82, 2.24) is 10.0 Å². The maximum atomic E-state index is 11.6. The summed E-state index contributed by atoms with van der Waals surface area (Å²) in [7, 11) is -3.15. The van der Waals surface area contributed by atoms with Gasteiger partial charge in [-0.25, -0.2) is 17.9 Å². The van der Waals surface area contributed by atoms with Gasteiger partial charge in [0.15, 0.2) is 0 Å². The Bertz CT molecular complexity index is 420. The molecule has 0 bridgehead atoms. The molecule has 1 aliphatic carbocycles. The second-order valence-electron chi connectivity index (χ2n) is 6.22. The summed E-state index contributed by atoms with van der Waals surface area (Å²) in [5.74, 6) is 0.100. The maximum Gasteiger partial charge on any atom is 0.407 e. The molecule has 1 saturated carbocycles. The molecule has 2 N–H and O–H groups in total. The molecule has 0 unspecified atom stereocenters. The standard InChI is InChI=1S/C13H26N2O4S/c1-5-20(17,18)15-11-8-6-10(7-9-11)14-12(16)19-13(2,3)4/h10-11,15H,5-9H2,1-4H3,(H,14,16)/t10-,11-. The van der Waals surface area contributed by atoms with Crippen LogP contribution in [0.25, 0.3) is 0 Å². The van der Waals surface area contributed by atoms with Gasteiger partial charge in [-0.2, -0.15) is 0 Å². The second kappa shape index (κ2) is 6.76. The molecule has 1 amide bonds. The lowest BCUT2D eigenvalue weighted by atomic mass is 9.92. The summed E-state index contributed by atoms with van der Waals surface area (Å²) in [4.78, 5) is 11.6. The van der Waals surface area contributed by atoms with Crippen LogP contribution in [0.15, 0.2) is 0 Å². The van der Waals surface area contributed by atoms with E-state index in [0.717, 1.165) is 25.7 Å². The normalized spacial score (nSPS) is 24.2. The van der Waals surface area contributed by atoms with E-state index in [2.05, 4.69) is 10.0 Å². The Labute approximate surface area is 121 Å². The van der Waals surface area contributed by atoms with E-state index in [1.54, 1.807) is 6.92 Å². The molecular weight excluding hydrogens is 280 g/mol. The van der Waals surface area contributed by atoms with Crippen LogP contribution >= 0.6 is 0 Å². The molecule has 1 fully saturated rings. The van der Waals surface area contributed by atoms with Crippen molar-refractivity contribution in [2.75, 3.05) is 5.75 Å². The van der Waals surface area contributed by atoms with Gasteiger partial charge >= 0.3 is 6.09 Å². The minimum absolute atomic E-state index is 0.0170. The Balaban J connectivity index is 2.34. The van der Waals surface area contributed by atoms with Crippen LogP contribution in [0.4, 0.5) is 4.79 Å². The Morgan fingerprint density at radius 1 is 1.15 bits per heavy atom. The number of sulfonamides is 1. The molecule has 20 heavy (non-hydrogen) atoms. The molecule has 0 aromatic carbocycles. The third-order valence-electron chi connectivity index (χ3n) is 3.17. The van der Waals surface area contributed by atoms with Crippen LogP contribution in [-0.4, -0.2) is 37.9 Å². The lowest BCUT2D eigenvalue weighted by molar-refractivity contribution is 0.0490. The first-order valence-electron chi connectivity index (χ1n) is 7.11. The highest BCUT2D eigenvalue weighted by Gasteiger charge is 2.26. The van der Waals surface area contributed by atoms with Crippen LogP contribution in [0, 0.1) is 0 Å². The summed E-state index contributed by atoms with van der Waals surface area (Å²) >= 11 is 0.